The molecule has 2 aliphatic rings. The molecule has 2 fully saturated rings. The number of anilines is 2. The lowest BCUT2D eigenvalue weighted by Gasteiger charge is -2.32. The minimum absolute atomic E-state index is 0.261. The Morgan fingerprint density at radius 2 is 1.76 bits per heavy atom. The molecule has 0 unspecified atom stereocenters. The van der Waals surface area contributed by atoms with Crippen molar-refractivity contribution < 1.29 is 9.90 Å². The van der Waals surface area contributed by atoms with E-state index in [1.807, 2.05) is 24.7 Å². The first-order valence-corrected chi connectivity index (χ1v) is 13.3. The molecule has 1 aromatic carbocycles. The van der Waals surface area contributed by atoms with Crippen LogP contribution >= 0.6 is 0 Å². The fraction of sp³-hybridized carbons (Fsp3) is 0.393. The molecule has 1 aliphatic heterocycles. The summed E-state index contributed by atoms with van der Waals surface area (Å²) in [7, 11) is 2.15. The lowest BCUT2D eigenvalue weighted by atomic mass is 10.1. The predicted octanol–water partition coefficient (Wildman–Crippen LogP) is 4.07. The van der Waals surface area contributed by atoms with E-state index in [0.717, 1.165) is 65.9 Å². The van der Waals surface area contributed by atoms with Crippen LogP contribution < -0.4 is 10.2 Å². The zero-order chi connectivity index (χ0) is 26.1. The van der Waals surface area contributed by atoms with E-state index < -0.39 is 5.97 Å². The molecule has 0 spiro atoms. The van der Waals surface area contributed by atoms with Crippen molar-refractivity contribution in [3.05, 3.63) is 60.0 Å². The zero-order valence-corrected chi connectivity index (χ0v) is 21.5. The number of benzene rings is 1. The number of imidazole rings is 1. The van der Waals surface area contributed by atoms with Gasteiger partial charge in [-0.15, -0.1) is 0 Å². The van der Waals surface area contributed by atoms with Crippen LogP contribution in [0.15, 0.2) is 48.9 Å². The number of likely N-dealkylation sites (N-methyl/N-ethyl adjacent to an activating group) is 1. The summed E-state index contributed by atoms with van der Waals surface area (Å²) < 4.78 is 2.25. The van der Waals surface area contributed by atoms with E-state index in [1.54, 1.807) is 24.3 Å². The standard InChI is InChI=1S/C28H32N8O2/c1-34-12-14-35(15-13-34)28-32-25(24-26(33-28)36(18-31-24)22-4-2-3-5-22)30-17-19-6-11-23(29-16-19)20-7-9-21(10-8-20)27(37)38/h6-11,16,18,22H,2-5,12-15,17H2,1H3,(H,37,38)(H,30,32,33). The summed E-state index contributed by atoms with van der Waals surface area (Å²) in [5, 5.41) is 12.6. The Kier molecular flexibility index (Phi) is 6.63. The van der Waals surface area contributed by atoms with Crippen LogP contribution in [0.4, 0.5) is 11.8 Å². The van der Waals surface area contributed by atoms with Crippen molar-refractivity contribution in [1.29, 1.82) is 0 Å². The van der Waals surface area contributed by atoms with Crippen molar-refractivity contribution in [2.24, 2.45) is 0 Å². The summed E-state index contributed by atoms with van der Waals surface area (Å²) in [6, 6.07) is 11.2. The largest absolute Gasteiger partial charge is 0.478 e. The van der Waals surface area contributed by atoms with Crippen LogP contribution in [-0.2, 0) is 6.54 Å². The van der Waals surface area contributed by atoms with Gasteiger partial charge in [0.2, 0.25) is 5.95 Å². The molecule has 3 aromatic heterocycles. The molecule has 0 amide bonds. The van der Waals surface area contributed by atoms with Gasteiger partial charge in [0.25, 0.3) is 0 Å². The second kappa shape index (κ2) is 10.4. The number of carbonyl (C=O) groups is 1. The molecule has 196 valence electrons. The van der Waals surface area contributed by atoms with Crippen molar-refractivity contribution >= 4 is 28.9 Å². The molecule has 1 aliphatic carbocycles. The summed E-state index contributed by atoms with van der Waals surface area (Å²) in [6.45, 7) is 4.33. The summed E-state index contributed by atoms with van der Waals surface area (Å²) >= 11 is 0. The maximum atomic E-state index is 11.1. The van der Waals surface area contributed by atoms with Gasteiger partial charge in [-0.2, -0.15) is 9.97 Å². The Balaban J connectivity index is 1.24. The summed E-state index contributed by atoms with van der Waals surface area (Å²) in [5.41, 5.74) is 4.65. The van der Waals surface area contributed by atoms with E-state index in [9.17, 15) is 4.79 Å². The first kappa shape index (κ1) is 24.3. The van der Waals surface area contributed by atoms with Crippen LogP contribution in [0.2, 0.25) is 0 Å². The number of aromatic carboxylic acids is 1. The van der Waals surface area contributed by atoms with Crippen molar-refractivity contribution in [2.75, 3.05) is 43.4 Å². The maximum Gasteiger partial charge on any atom is 0.335 e. The quantitative estimate of drug-likeness (QED) is 0.378. The molecule has 1 saturated carbocycles. The molecule has 4 aromatic rings. The maximum absolute atomic E-state index is 11.1. The minimum Gasteiger partial charge on any atom is -0.478 e. The van der Waals surface area contributed by atoms with Gasteiger partial charge in [0.15, 0.2) is 17.0 Å². The normalized spacial score (nSPS) is 16.8. The summed E-state index contributed by atoms with van der Waals surface area (Å²) in [6.07, 6.45) is 8.60. The van der Waals surface area contributed by atoms with E-state index in [1.165, 1.54) is 25.7 Å². The summed E-state index contributed by atoms with van der Waals surface area (Å²) in [5.74, 6) is 0.564. The highest BCUT2D eigenvalue weighted by atomic mass is 16.4. The Morgan fingerprint density at radius 3 is 2.45 bits per heavy atom. The van der Waals surface area contributed by atoms with Gasteiger partial charge in [0, 0.05) is 50.5 Å². The molecule has 2 N–H and O–H groups in total. The number of nitrogens with one attached hydrogen (secondary N) is 1. The van der Waals surface area contributed by atoms with Gasteiger partial charge in [0.1, 0.15) is 0 Å². The number of hydrogen-bond donors (Lipinski definition) is 2. The predicted molar refractivity (Wildman–Crippen MR) is 146 cm³/mol. The molecule has 10 nitrogen and oxygen atoms in total. The molecular weight excluding hydrogens is 480 g/mol. The fourth-order valence-electron chi connectivity index (χ4n) is 5.29. The molecule has 6 rings (SSSR count). The lowest BCUT2D eigenvalue weighted by Crippen LogP contribution is -2.45. The Labute approximate surface area is 221 Å². The molecule has 1 saturated heterocycles. The van der Waals surface area contributed by atoms with Gasteiger partial charge in [0.05, 0.1) is 17.6 Å². The Hall–Kier alpha value is -4.05. The van der Waals surface area contributed by atoms with Crippen molar-refractivity contribution in [2.45, 2.75) is 38.3 Å². The van der Waals surface area contributed by atoms with Crippen molar-refractivity contribution in [1.82, 2.24) is 29.4 Å². The average Bonchev–Trinajstić information content (AvgIpc) is 3.63. The first-order valence-electron chi connectivity index (χ1n) is 13.3. The number of rotatable bonds is 7. The highest BCUT2D eigenvalue weighted by molar-refractivity contribution is 5.88. The number of hydrogen-bond acceptors (Lipinski definition) is 8. The minimum atomic E-state index is -0.936. The molecule has 4 heterocycles. The van der Waals surface area contributed by atoms with Crippen LogP contribution in [-0.4, -0.2) is 73.7 Å². The molecule has 0 bridgehead atoms. The number of nitrogens with zero attached hydrogens (tertiary/aromatic N) is 7. The fourth-order valence-corrected chi connectivity index (χ4v) is 5.29. The lowest BCUT2D eigenvalue weighted by molar-refractivity contribution is 0.0697. The van der Waals surface area contributed by atoms with Gasteiger partial charge in [-0.05, 0) is 43.7 Å². The SMILES string of the molecule is CN1CCN(c2nc(NCc3ccc(-c4ccc(C(=O)O)cc4)nc3)c3ncn(C4CCCC4)c3n2)CC1. The number of pyridine rings is 1. The van der Waals surface area contributed by atoms with Gasteiger partial charge in [-0.3, -0.25) is 4.98 Å². The van der Waals surface area contributed by atoms with E-state index in [-0.39, 0.29) is 5.56 Å². The highest BCUT2D eigenvalue weighted by Gasteiger charge is 2.24. The van der Waals surface area contributed by atoms with E-state index in [0.29, 0.717) is 12.6 Å². The monoisotopic (exact) mass is 512 g/mol. The second-order valence-electron chi connectivity index (χ2n) is 10.2. The van der Waals surface area contributed by atoms with Crippen LogP contribution in [0.1, 0.15) is 47.6 Å². The number of carboxylic acids is 1. The van der Waals surface area contributed by atoms with Crippen LogP contribution in [0, 0.1) is 0 Å². The van der Waals surface area contributed by atoms with Gasteiger partial charge in [-0.25, -0.2) is 9.78 Å². The molecule has 0 radical (unpaired) electrons. The van der Waals surface area contributed by atoms with Crippen LogP contribution in [0.3, 0.4) is 0 Å². The third-order valence-electron chi connectivity index (χ3n) is 7.63. The van der Waals surface area contributed by atoms with Gasteiger partial charge < -0.3 is 24.8 Å². The molecular formula is C28H32N8O2. The second-order valence-corrected chi connectivity index (χ2v) is 10.2. The smallest absolute Gasteiger partial charge is 0.335 e. The average molecular weight is 513 g/mol. The van der Waals surface area contributed by atoms with E-state index >= 15 is 0 Å². The van der Waals surface area contributed by atoms with Crippen molar-refractivity contribution in [3.8, 4) is 11.3 Å². The van der Waals surface area contributed by atoms with Gasteiger partial charge >= 0.3 is 5.97 Å². The molecule has 10 heteroatoms. The Bertz CT molecular complexity index is 1420. The number of aromatic nitrogens is 5. The summed E-state index contributed by atoms with van der Waals surface area (Å²) in [4.78, 5) is 35.0. The zero-order valence-electron chi connectivity index (χ0n) is 21.5. The van der Waals surface area contributed by atoms with E-state index in [2.05, 4.69) is 31.7 Å². The highest BCUT2D eigenvalue weighted by Crippen LogP contribution is 2.33. The third kappa shape index (κ3) is 4.91. The Morgan fingerprint density at radius 1 is 1.00 bits per heavy atom. The number of carboxylic acid groups (broad SMARTS) is 1. The number of fused-ring (bicyclic) bond motifs is 1. The van der Waals surface area contributed by atoms with Crippen LogP contribution in [0.25, 0.3) is 22.4 Å². The van der Waals surface area contributed by atoms with Crippen molar-refractivity contribution in [3.63, 3.8) is 0 Å². The molecule has 0 atom stereocenters. The van der Waals surface area contributed by atoms with Gasteiger partial charge in [-0.1, -0.05) is 31.0 Å². The molecule has 38 heavy (non-hydrogen) atoms. The number of piperazine rings is 1. The first-order chi connectivity index (χ1) is 18.5. The topological polar surface area (TPSA) is 112 Å². The van der Waals surface area contributed by atoms with Crippen LogP contribution in [0.5, 0.6) is 0 Å². The third-order valence-corrected chi connectivity index (χ3v) is 7.63. The van der Waals surface area contributed by atoms with E-state index in [4.69, 9.17) is 20.1 Å².